The summed E-state index contributed by atoms with van der Waals surface area (Å²) in [5.74, 6) is 2.53. The smallest absolute Gasteiger partial charge is 0.256 e. The Balaban J connectivity index is 1.58. The van der Waals surface area contributed by atoms with Crippen LogP contribution in [0.15, 0.2) is 66.9 Å². The van der Waals surface area contributed by atoms with Crippen LogP contribution in [0.25, 0.3) is 0 Å². The molecule has 6 heteroatoms. The third kappa shape index (κ3) is 6.08. The van der Waals surface area contributed by atoms with E-state index in [0.29, 0.717) is 13.1 Å². The van der Waals surface area contributed by atoms with Crippen LogP contribution >= 0.6 is 0 Å². The minimum atomic E-state index is -0.638. The van der Waals surface area contributed by atoms with Gasteiger partial charge in [0.1, 0.15) is 61.9 Å². The van der Waals surface area contributed by atoms with Crippen LogP contribution in [-0.4, -0.2) is 40.2 Å². The maximum atomic E-state index is 10.5. The molecule has 3 aromatic rings. The van der Waals surface area contributed by atoms with Gasteiger partial charge in [0.15, 0.2) is 0 Å². The molecule has 2 unspecified atom stereocenters. The molecule has 0 aliphatic heterocycles. The molecule has 2 atom stereocenters. The molecule has 0 fully saturated rings. The maximum Gasteiger partial charge on any atom is 0.256 e. The molecule has 0 saturated carbocycles. The Labute approximate surface area is 177 Å². The summed E-state index contributed by atoms with van der Waals surface area (Å²) >= 11 is 0. The van der Waals surface area contributed by atoms with Gasteiger partial charge in [0.2, 0.25) is 0 Å². The summed E-state index contributed by atoms with van der Waals surface area (Å²) in [4.78, 5) is 0. The fraction of sp³-hybridized carbons (Fsp3) is 0.375. The summed E-state index contributed by atoms with van der Waals surface area (Å²) in [6, 6.07) is 19.0. The van der Waals surface area contributed by atoms with E-state index in [2.05, 4.69) is 11.5 Å². The number of aryl methyl sites for hydroxylation is 1. The predicted molar refractivity (Wildman–Crippen MR) is 115 cm³/mol. The van der Waals surface area contributed by atoms with E-state index >= 15 is 0 Å². The molecule has 6 nitrogen and oxygen atoms in total. The van der Waals surface area contributed by atoms with Crippen molar-refractivity contribution < 1.29 is 24.3 Å². The summed E-state index contributed by atoms with van der Waals surface area (Å²) in [6.45, 7) is 5.39. The molecule has 3 rings (SSSR count). The lowest BCUT2D eigenvalue weighted by molar-refractivity contribution is -0.710. The highest BCUT2D eigenvalue weighted by Gasteiger charge is 2.24. The summed E-state index contributed by atoms with van der Waals surface area (Å²) in [5, 5.41) is 20.9. The molecule has 0 aliphatic rings. The molecule has 0 amide bonds. The Morgan fingerprint density at radius 1 is 0.867 bits per heavy atom. The molecule has 2 N–H and O–H groups in total. The monoisotopic (exact) mass is 411 g/mol. The highest BCUT2D eigenvalue weighted by molar-refractivity contribution is 5.21. The number of aliphatic hydroxyl groups is 2. The van der Waals surface area contributed by atoms with E-state index < -0.39 is 12.2 Å². The Kier molecular flexibility index (Phi) is 7.88. The maximum absolute atomic E-state index is 10.5. The van der Waals surface area contributed by atoms with Gasteiger partial charge in [0.05, 0.1) is 0 Å². The van der Waals surface area contributed by atoms with Gasteiger partial charge in [0.25, 0.3) is 5.82 Å². The van der Waals surface area contributed by atoms with Gasteiger partial charge < -0.3 is 19.7 Å². The van der Waals surface area contributed by atoms with E-state index in [1.165, 1.54) is 0 Å². The van der Waals surface area contributed by atoms with Crippen molar-refractivity contribution in [2.45, 2.75) is 45.6 Å². The van der Waals surface area contributed by atoms with Gasteiger partial charge in [-0.05, 0) is 24.3 Å². The number of hydrogen-bond acceptors (Lipinski definition) is 4. The van der Waals surface area contributed by atoms with Gasteiger partial charge in [0, 0.05) is 13.3 Å². The fourth-order valence-corrected chi connectivity index (χ4v) is 3.49. The zero-order valence-electron chi connectivity index (χ0n) is 17.6. The Morgan fingerprint density at radius 2 is 1.40 bits per heavy atom. The van der Waals surface area contributed by atoms with Crippen molar-refractivity contribution >= 4 is 0 Å². The summed E-state index contributed by atoms with van der Waals surface area (Å²) in [6.07, 6.45) is 1.52. The van der Waals surface area contributed by atoms with Gasteiger partial charge >= 0.3 is 0 Å². The van der Waals surface area contributed by atoms with E-state index in [-0.39, 0.29) is 13.2 Å². The van der Waals surface area contributed by atoms with Crippen molar-refractivity contribution in [2.75, 3.05) is 13.2 Å². The highest BCUT2D eigenvalue weighted by atomic mass is 16.5. The number of benzene rings is 2. The second kappa shape index (κ2) is 10.8. The summed E-state index contributed by atoms with van der Waals surface area (Å²) < 4.78 is 15.5. The van der Waals surface area contributed by atoms with Crippen molar-refractivity contribution in [2.24, 2.45) is 0 Å². The molecule has 0 bridgehead atoms. The molecular formula is C24H31N2O4+. The number of aliphatic hydroxyl groups excluding tert-OH is 2. The SMILES string of the molecule is CCc1n(CC(O)COc2ccccc2)c(C)c[n+]1CC(O)COc1ccccc1. The minimum absolute atomic E-state index is 0.220. The van der Waals surface area contributed by atoms with Crippen molar-refractivity contribution in [3.63, 3.8) is 0 Å². The molecule has 0 saturated heterocycles. The molecular weight excluding hydrogens is 380 g/mol. The van der Waals surface area contributed by atoms with Crippen LogP contribution in [0.1, 0.15) is 18.4 Å². The first-order chi connectivity index (χ1) is 14.6. The third-order valence-electron chi connectivity index (χ3n) is 4.90. The number of aromatic nitrogens is 2. The first-order valence-corrected chi connectivity index (χ1v) is 10.4. The second-order valence-corrected chi connectivity index (χ2v) is 7.36. The van der Waals surface area contributed by atoms with Gasteiger partial charge in [-0.15, -0.1) is 0 Å². The van der Waals surface area contributed by atoms with Gasteiger partial charge in [-0.2, -0.15) is 0 Å². The lowest BCUT2D eigenvalue weighted by Gasteiger charge is -2.13. The fourth-order valence-electron chi connectivity index (χ4n) is 3.49. The van der Waals surface area contributed by atoms with Crippen LogP contribution in [-0.2, 0) is 19.5 Å². The van der Waals surface area contributed by atoms with Crippen LogP contribution in [0.3, 0.4) is 0 Å². The number of para-hydroxylation sites is 2. The van der Waals surface area contributed by atoms with Crippen LogP contribution < -0.4 is 14.0 Å². The van der Waals surface area contributed by atoms with Crippen molar-refractivity contribution in [3.05, 3.63) is 78.4 Å². The first kappa shape index (κ1) is 21.9. The van der Waals surface area contributed by atoms with Gasteiger partial charge in [-0.25, -0.2) is 9.13 Å². The van der Waals surface area contributed by atoms with Gasteiger partial charge in [-0.1, -0.05) is 43.3 Å². The first-order valence-electron chi connectivity index (χ1n) is 10.4. The topological polar surface area (TPSA) is 67.7 Å². The van der Waals surface area contributed by atoms with E-state index in [1.54, 1.807) is 0 Å². The molecule has 30 heavy (non-hydrogen) atoms. The Bertz CT molecular complexity index is 896. The van der Waals surface area contributed by atoms with Crippen LogP contribution in [0, 0.1) is 6.92 Å². The molecule has 0 aliphatic carbocycles. The van der Waals surface area contributed by atoms with Crippen LogP contribution in [0.2, 0.25) is 0 Å². The van der Waals surface area contributed by atoms with Crippen molar-refractivity contribution in [1.29, 1.82) is 0 Å². The zero-order chi connectivity index (χ0) is 21.3. The predicted octanol–water partition coefficient (Wildman–Crippen LogP) is 2.53. The second-order valence-electron chi connectivity index (χ2n) is 7.36. The number of hydrogen-bond donors (Lipinski definition) is 2. The number of imidazole rings is 1. The van der Waals surface area contributed by atoms with E-state index in [4.69, 9.17) is 9.47 Å². The van der Waals surface area contributed by atoms with E-state index in [1.807, 2.05) is 78.4 Å². The van der Waals surface area contributed by atoms with Crippen molar-refractivity contribution in [3.8, 4) is 11.5 Å². The molecule has 0 radical (unpaired) electrons. The standard InChI is InChI=1S/C24H31N2O4/c1-3-24-25(15-20(27)17-29-22-10-6-4-7-11-22)14-19(2)26(24)16-21(28)18-30-23-12-8-5-9-13-23/h4-14,20-21,27-28H,3,15-18H2,1-2H3/q+1. The third-order valence-corrected chi connectivity index (χ3v) is 4.90. The molecule has 1 aromatic heterocycles. The number of rotatable bonds is 11. The highest BCUT2D eigenvalue weighted by Crippen LogP contribution is 2.11. The number of ether oxygens (including phenoxy) is 2. The van der Waals surface area contributed by atoms with E-state index in [0.717, 1.165) is 29.4 Å². The molecule has 2 aromatic carbocycles. The molecule has 1 heterocycles. The Hall–Kier alpha value is -2.83. The van der Waals surface area contributed by atoms with E-state index in [9.17, 15) is 10.2 Å². The summed E-state index contributed by atoms with van der Waals surface area (Å²) in [5.41, 5.74) is 1.03. The quantitative estimate of drug-likeness (QED) is 0.476. The number of nitrogens with zero attached hydrogens (tertiary/aromatic N) is 2. The minimum Gasteiger partial charge on any atom is -0.491 e. The lowest BCUT2D eigenvalue weighted by Crippen LogP contribution is -2.44. The Morgan fingerprint density at radius 3 is 1.93 bits per heavy atom. The van der Waals surface area contributed by atoms with Gasteiger partial charge in [-0.3, -0.25) is 0 Å². The normalized spacial score (nSPS) is 13.1. The summed E-state index contributed by atoms with van der Waals surface area (Å²) in [7, 11) is 0. The van der Waals surface area contributed by atoms with Crippen LogP contribution in [0.4, 0.5) is 0 Å². The largest absolute Gasteiger partial charge is 0.491 e. The average molecular weight is 412 g/mol. The van der Waals surface area contributed by atoms with Crippen molar-refractivity contribution in [1.82, 2.24) is 4.57 Å². The van der Waals surface area contributed by atoms with Crippen LogP contribution in [0.5, 0.6) is 11.5 Å². The lowest BCUT2D eigenvalue weighted by atomic mass is 10.3. The molecule has 0 spiro atoms. The average Bonchev–Trinajstić information content (AvgIpc) is 3.06. The molecule has 160 valence electrons. The zero-order valence-corrected chi connectivity index (χ0v) is 17.6.